The number of nitrogens with zero attached hydrogens (tertiary/aromatic N) is 1. The van der Waals surface area contributed by atoms with Gasteiger partial charge in [0.25, 0.3) is 0 Å². The van der Waals surface area contributed by atoms with Crippen molar-refractivity contribution in [3.05, 3.63) is 11.8 Å². The van der Waals surface area contributed by atoms with Crippen LogP contribution in [0.15, 0.2) is 16.8 Å². The summed E-state index contributed by atoms with van der Waals surface area (Å²) in [5, 5.41) is 0. The van der Waals surface area contributed by atoms with Crippen LogP contribution in [0.5, 0.6) is 0 Å². The first kappa shape index (κ1) is 12.2. The van der Waals surface area contributed by atoms with E-state index in [0.717, 1.165) is 18.4 Å². The second-order valence-electron chi connectivity index (χ2n) is 3.59. The van der Waals surface area contributed by atoms with Crippen LogP contribution in [0, 0.1) is 5.92 Å². The molecule has 13 heavy (non-hydrogen) atoms. The normalized spacial score (nSPS) is 15.6. The number of rotatable bonds is 5. The third-order valence-electron chi connectivity index (χ3n) is 2.24. The van der Waals surface area contributed by atoms with E-state index in [9.17, 15) is 0 Å². The molecule has 1 unspecified atom stereocenters. The molecule has 0 aromatic rings. The van der Waals surface area contributed by atoms with Crippen molar-refractivity contribution in [2.45, 2.75) is 46.6 Å². The van der Waals surface area contributed by atoms with Crippen molar-refractivity contribution in [2.24, 2.45) is 16.6 Å². The van der Waals surface area contributed by atoms with Gasteiger partial charge in [-0.3, -0.25) is 4.99 Å². The van der Waals surface area contributed by atoms with Crippen molar-refractivity contribution >= 4 is 6.21 Å². The molecule has 0 amide bonds. The van der Waals surface area contributed by atoms with Crippen LogP contribution in [0.3, 0.4) is 0 Å². The highest BCUT2D eigenvalue weighted by molar-refractivity contribution is 5.78. The zero-order valence-electron chi connectivity index (χ0n) is 9.25. The van der Waals surface area contributed by atoms with E-state index in [1.54, 1.807) is 6.20 Å². The largest absolute Gasteiger partial charge is 0.404 e. The van der Waals surface area contributed by atoms with Crippen LogP contribution in [0.4, 0.5) is 0 Å². The van der Waals surface area contributed by atoms with E-state index < -0.39 is 0 Å². The Morgan fingerprint density at radius 3 is 2.31 bits per heavy atom. The number of nitrogens with two attached hydrogens (primary N) is 1. The molecule has 0 radical (unpaired) electrons. The summed E-state index contributed by atoms with van der Waals surface area (Å²) in [6.07, 6.45) is 5.59. The predicted octanol–water partition coefficient (Wildman–Crippen LogP) is 2.74. The number of hydrogen-bond donors (Lipinski definition) is 1. The lowest BCUT2D eigenvalue weighted by Gasteiger charge is -2.13. The van der Waals surface area contributed by atoms with Crippen LogP contribution in [0.2, 0.25) is 0 Å². The van der Waals surface area contributed by atoms with E-state index in [4.69, 9.17) is 5.73 Å². The van der Waals surface area contributed by atoms with Crippen molar-refractivity contribution < 1.29 is 0 Å². The zero-order chi connectivity index (χ0) is 10.3. The lowest BCUT2D eigenvalue weighted by molar-refractivity contribution is 0.485. The first-order valence-corrected chi connectivity index (χ1v) is 5.09. The lowest BCUT2D eigenvalue weighted by Crippen LogP contribution is -2.11. The van der Waals surface area contributed by atoms with Crippen molar-refractivity contribution in [2.75, 3.05) is 0 Å². The van der Waals surface area contributed by atoms with E-state index in [1.807, 2.05) is 6.21 Å². The Hall–Kier alpha value is -0.790. The molecule has 0 saturated carbocycles. The van der Waals surface area contributed by atoms with Crippen molar-refractivity contribution in [3.8, 4) is 0 Å². The van der Waals surface area contributed by atoms with Crippen molar-refractivity contribution in [3.63, 3.8) is 0 Å². The van der Waals surface area contributed by atoms with Gasteiger partial charge in [-0.2, -0.15) is 0 Å². The van der Waals surface area contributed by atoms with Crippen molar-refractivity contribution in [1.29, 1.82) is 0 Å². The standard InChI is InChI=1S/C11H22N2/c1-5-10(7-12)8-13-11(6-2)9(3)4/h7-9,11H,5-6,12H2,1-4H3/b10-7-,13-8?. The summed E-state index contributed by atoms with van der Waals surface area (Å²) in [4.78, 5) is 4.51. The van der Waals surface area contributed by atoms with Gasteiger partial charge in [-0.15, -0.1) is 0 Å². The van der Waals surface area contributed by atoms with Gasteiger partial charge >= 0.3 is 0 Å². The summed E-state index contributed by atoms with van der Waals surface area (Å²) in [5.74, 6) is 0.608. The second kappa shape index (κ2) is 6.70. The molecule has 0 fully saturated rings. The second-order valence-corrected chi connectivity index (χ2v) is 3.59. The average Bonchev–Trinajstić information content (AvgIpc) is 2.12. The molecule has 1 atom stereocenters. The quantitative estimate of drug-likeness (QED) is 0.652. The van der Waals surface area contributed by atoms with E-state index >= 15 is 0 Å². The Kier molecular flexibility index (Phi) is 6.29. The van der Waals surface area contributed by atoms with Gasteiger partial charge in [0.2, 0.25) is 0 Å². The molecule has 2 nitrogen and oxygen atoms in total. The summed E-state index contributed by atoms with van der Waals surface area (Å²) in [6, 6.07) is 0.432. The molecular formula is C11H22N2. The molecule has 0 aliphatic heterocycles. The van der Waals surface area contributed by atoms with Gasteiger partial charge in [0.1, 0.15) is 0 Å². The molecule has 0 aliphatic rings. The minimum atomic E-state index is 0.432. The van der Waals surface area contributed by atoms with Crippen LogP contribution in [0.1, 0.15) is 40.5 Å². The van der Waals surface area contributed by atoms with Crippen molar-refractivity contribution in [1.82, 2.24) is 0 Å². The van der Waals surface area contributed by atoms with E-state index in [-0.39, 0.29) is 0 Å². The monoisotopic (exact) mass is 182 g/mol. The SMILES string of the molecule is CC/C(C=NC(CC)C(C)C)=C/N. The van der Waals surface area contributed by atoms with Crippen LogP contribution in [-0.2, 0) is 0 Å². The first-order valence-electron chi connectivity index (χ1n) is 5.09. The van der Waals surface area contributed by atoms with E-state index in [1.165, 1.54) is 0 Å². The fourth-order valence-electron chi connectivity index (χ4n) is 1.19. The predicted molar refractivity (Wildman–Crippen MR) is 60.0 cm³/mol. The highest BCUT2D eigenvalue weighted by atomic mass is 14.8. The molecule has 0 spiro atoms. The molecule has 0 aliphatic carbocycles. The Morgan fingerprint density at radius 2 is 2.00 bits per heavy atom. The Balaban J connectivity index is 4.21. The third kappa shape index (κ3) is 4.71. The topological polar surface area (TPSA) is 38.4 Å². The number of allylic oxidation sites excluding steroid dienone is 1. The summed E-state index contributed by atoms with van der Waals surface area (Å²) >= 11 is 0. The fraction of sp³-hybridized carbons (Fsp3) is 0.727. The van der Waals surface area contributed by atoms with Gasteiger partial charge in [0.15, 0.2) is 0 Å². The Morgan fingerprint density at radius 1 is 1.38 bits per heavy atom. The molecule has 0 heterocycles. The molecular weight excluding hydrogens is 160 g/mol. The van der Waals surface area contributed by atoms with E-state index in [0.29, 0.717) is 12.0 Å². The van der Waals surface area contributed by atoms with Gasteiger partial charge in [-0.25, -0.2) is 0 Å². The fourth-order valence-corrected chi connectivity index (χ4v) is 1.19. The highest BCUT2D eigenvalue weighted by Crippen LogP contribution is 2.10. The Bertz CT molecular complexity index is 181. The maximum absolute atomic E-state index is 5.43. The molecule has 0 aromatic heterocycles. The first-order chi connectivity index (χ1) is 6.15. The van der Waals surface area contributed by atoms with E-state index in [2.05, 4.69) is 32.7 Å². The molecule has 76 valence electrons. The van der Waals surface area contributed by atoms with Gasteiger partial charge in [-0.1, -0.05) is 27.7 Å². The summed E-state index contributed by atoms with van der Waals surface area (Å²) in [5.41, 5.74) is 6.54. The van der Waals surface area contributed by atoms with Crippen LogP contribution in [-0.4, -0.2) is 12.3 Å². The third-order valence-corrected chi connectivity index (χ3v) is 2.24. The number of aliphatic imine (C=N–C) groups is 1. The highest BCUT2D eigenvalue weighted by Gasteiger charge is 2.07. The molecule has 2 heteroatoms. The minimum absolute atomic E-state index is 0.432. The summed E-state index contributed by atoms with van der Waals surface area (Å²) in [7, 11) is 0. The molecule has 0 aromatic carbocycles. The molecule has 0 bridgehead atoms. The average molecular weight is 182 g/mol. The molecule has 2 N–H and O–H groups in total. The summed E-state index contributed by atoms with van der Waals surface area (Å²) in [6.45, 7) is 8.65. The minimum Gasteiger partial charge on any atom is -0.404 e. The Labute approximate surface area is 81.9 Å². The van der Waals surface area contributed by atoms with Crippen LogP contribution in [0.25, 0.3) is 0 Å². The number of hydrogen-bond acceptors (Lipinski definition) is 2. The smallest absolute Gasteiger partial charge is 0.0520 e. The molecule has 0 rings (SSSR count). The lowest BCUT2D eigenvalue weighted by atomic mass is 10.0. The van der Waals surface area contributed by atoms with Crippen LogP contribution < -0.4 is 5.73 Å². The van der Waals surface area contributed by atoms with Gasteiger partial charge < -0.3 is 5.73 Å². The maximum Gasteiger partial charge on any atom is 0.0520 e. The van der Waals surface area contributed by atoms with Gasteiger partial charge in [0.05, 0.1) is 6.04 Å². The molecule has 0 saturated heterocycles. The van der Waals surface area contributed by atoms with Crippen LogP contribution >= 0.6 is 0 Å². The maximum atomic E-state index is 5.43. The van der Waals surface area contributed by atoms with Gasteiger partial charge in [0, 0.05) is 6.21 Å². The van der Waals surface area contributed by atoms with Gasteiger partial charge in [-0.05, 0) is 30.5 Å². The summed E-state index contributed by atoms with van der Waals surface area (Å²) < 4.78 is 0. The zero-order valence-corrected chi connectivity index (χ0v) is 9.25.